The summed E-state index contributed by atoms with van der Waals surface area (Å²) in [5, 5.41) is 14.8. The third kappa shape index (κ3) is 7.30. The van der Waals surface area contributed by atoms with Gasteiger partial charge in [-0.2, -0.15) is 13.2 Å². The number of alkyl halides is 3. The van der Waals surface area contributed by atoms with Gasteiger partial charge in [-0.25, -0.2) is 9.59 Å². The standard InChI is InChI=1S/C24H22N4O5.C2HF3O2/c1-14-11-15(18-5-3-4-6-19(18)25-14)13-33-17-9-7-16(8-10-17)26-20(29)12-24(2)21(30)27-23(32)28-22(24)31;3-2(4,5)1(6)7/h3-11H,12-13H2,1-2H3,(H,26,29)(H2,27,28,30,31,32);(H,6,7). The average molecular weight is 560 g/mol. The summed E-state index contributed by atoms with van der Waals surface area (Å²) in [6.45, 7) is 3.61. The van der Waals surface area contributed by atoms with Gasteiger partial charge in [-0.15, -0.1) is 0 Å². The molecule has 1 saturated heterocycles. The molecule has 4 rings (SSSR count). The second-order valence-electron chi connectivity index (χ2n) is 8.85. The van der Waals surface area contributed by atoms with Gasteiger partial charge in [0.05, 0.1) is 11.9 Å². The number of urea groups is 1. The number of pyridine rings is 1. The van der Waals surface area contributed by atoms with Crippen molar-refractivity contribution in [1.29, 1.82) is 0 Å². The van der Waals surface area contributed by atoms with Crippen molar-refractivity contribution < 1.29 is 47.0 Å². The Bertz CT molecular complexity index is 1450. The number of nitrogens with zero attached hydrogens (tertiary/aromatic N) is 1. The lowest BCUT2D eigenvalue weighted by Crippen LogP contribution is -2.61. The minimum atomic E-state index is -5.08. The van der Waals surface area contributed by atoms with Crippen LogP contribution in [0, 0.1) is 12.3 Å². The van der Waals surface area contributed by atoms with Gasteiger partial charge in [0.15, 0.2) is 0 Å². The Labute approximate surface area is 224 Å². The Morgan fingerprint density at radius 3 is 2.17 bits per heavy atom. The van der Waals surface area contributed by atoms with E-state index in [0.29, 0.717) is 18.0 Å². The summed E-state index contributed by atoms with van der Waals surface area (Å²) in [5.41, 5.74) is 1.64. The molecule has 210 valence electrons. The minimum Gasteiger partial charge on any atom is -0.489 e. The first-order valence-electron chi connectivity index (χ1n) is 11.5. The number of carbonyl (C=O) groups is 5. The number of nitrogens with one attached hydrogen (secondary N) is 3. The van der Waals surface area contributed by atoms with Crippen LogP contribution in [-0.4, -0.2) is 46.0 Å². The number of imide groups is 2. The van der Waals surface area contributed by atoms with Crippen LogP contribution in [0.5, 0.6) is 5.75 Å². The zero-order chi connectivity index (χ0) is 29.7. The second kappa shape index (κ2) is 11.8. The number of amides is 5. The van der Waals surface area contributed by atoms with Crippen LogP contribution in [0.4, 0.5) is 23.7 Å². The van der Waals surface area contributed by atoms with Gasteiger partial charge in [0.1, 0.15) is 17.8 Å². The number of carbonyl (C=O) groups excluding carboxylic acids is 4. The highest BCUT2D eigenvalue weighted by Gasteiger charge is 2.47. The Balaban J connectivity index is 0.000000559. The summed E-state index contributed by atoms with van der Waals surface area (Å²) in [6.07, 6.45) is -5.50. The van der Waals surface area contributed by atoms with E-state index in [1.54, 1.807) is 24.3 Å². The number of barbiturate groups is 1. The summed E-state index contributed by atoms with van der Waals surface area (Å²) >= 11 is 0. The Hall–Kier alpha value is -5.01. The van der Waals surface area contributed by atoms with Gasteiger partial charge in [0.2, 0.25) is 17.7 Å². The van der Waals surface area contributed by atoms with E-state index in [2.05, 4.69) is 10.3 Å². The minimum absolute atomic E-state index is 0.358. The maximum atomic E-state index is 12.4. The summed E-state index contributed by atoms with van der Waals surface area (Å²) in [6, 6.07) is 15.7. The molecule has 40 heavy (non-hydrogen) atoms. The van der Waals surface area contributed by atoms with E-state index in [0.717, 1.165) is 22.2 Å². The highest BCUT2D eigenvalue weighted by Crippen LogP contribution is 2.26. The number of rotatable bonds is 6. The molecule has 1 fully saturated rings. The number of hydrogen-bond acceptors (Lipinski definition) is 7. The number of aliphatic carboxylic acids is 1. The van der Waals surface area contributed by atoms with Gasteiger partial charge < -0.3 is 15.2 Å². The molecule has 0 bridgehead atoms. The zero-order valence-corrected chi connectivity index (χ0v) is 21.1. The van der Waals surface area contributed by atoms with Crippen LogP contribution in [0.1, 0.15) is 24.6 Å². The van der Waals surface area contributed by atoms with Gasteiger partial charge in [-0.1, -0.05) is 18.2 Å². The molecule has 0 unspecified atom stereocenters. The summed E-state index contributed by atoms with van der Waals surface area (Å²) < 4.78 is 37.6. The van der Waals surface area contributed by atoms with Crippen molar-refractivity contribution in [3.05, 3.63) is 65.9 Å². The Morgan fingerprint density at radius 1 is 1.02 bits per heavy atom. The van der Waals surface area contributed by atoms with Crippen molar-refractivity contribution >= 4 is 46.3 Å². The molecule has 11 nitrogen and oxygen atoms in total. The maximum Gasteiger partial charge on any atom is 0.490 e. The van der Waals surface area contributed by atoms with E-state index >= 15 is 0 Å². The van der Waals surface area contributed by atoms with E-state index in [9.17, 15) is 32.3 Å². The lowest BCUT2D eigenvalue weighted by molar-refractivity contribution is -0.192. The molecule has 1 aliphatic rings. The van der Waals surface area contributed by atoms with Crippen molar-refractivity contribution in [2.45, 2.75) is 33.1 Å². The average Bonchev–Trinajstić information content (AvgIpc) is 2.86. The molecule has 0 radical (unpaired) electrons. The highest BCUT2D eigenvalue weighted by atomic mass is 19.4. The number of anilines is 1. The van der Waals surface area contributed by atoms with Gasteiger partial charge in [-0.3, -0.25) is 30.0 Å². The number of aromatic nitrogens is 1. The Morgan fingerprint density at radius 2 is 1.60 bits per heavy atom. The predicted octanol–water partition coefficient (Wildman–Crippen LogP) is 3.46. The first-order chi connectivity index (χ1) is 18.7. The molecular weight excluding hydrogens is 537 g/mol. The first kappa shape index (κ1) is 29.5. The molecule has 0 atom stereocenters. The smallest absolute Gasteiger partial charge is 0.489 e. The fourth-order valence-corrected chi connectivity index (χ4v) is 3.61. The maximum absolute atomic E-state index is 12.4. The van der Waals surface area contributed by atoms with Crippen LogP contribution in [0.3, 0.4) is 0 Å². The normalized spacial score (nSPS) is 14.4. The molecule has 2 heterocycles. The summed E-state index contributed by atoms with van der Waals surface area (Å²) in [5.74, 6) is -4.30. The van der Waals surface area contributed by atoms with Gasteiger partial charge in [0.25, 0.3) is 0 Å². The SMILES string of the molecule is Cc1cc(COc2ccc(NC(=O)CC3(C)C(=O)NC(=O)NC3=O)cc2)c2ccccc2n1.O=C(O)C(F)(F)F. The van der Waals surface area contributed by atoms with Gasteiger partial charge in [0, 0.05) is 22.3 Å². The topological polar surface area (TPSA) is 164 Å². The number of carboxylic acid groups (broad SMARTS) is 1. The van der Waals surface area contributed by atoms with Crippen molar-refractivity contribution in [2.24, 2.45) is 5.41 Å². The second-order valence-corrected chi connectivity index (χ2v) is 8.85. The van der Waals surface area contributed by atoms with E-state index in [1.165, 1.54) is 6.92 Å². The monoisotopic (exact) mass is 560 g/mol. The molecule has 0 saturated carbocycles. The number of carboxylic acids is 1. The van der Waals surface area contributed by atoms with E-state index in [1.807, 2.05) is 47.9 Å². The van der Waals surface area contributed by atoms with Crippen molar-refractivity contribution in [1.82, 2.24) is 15.6 Å². The van der Waals surface area contributed by atoms with E-state index < -0.39 is 47.7 Å². The molecule has 5 amide bonds. The van der Waals surface area contributed by atoms with Crippen LogP contribution < -0.4 is 20.7 Å². The number of ether oxygens (including phenoxy) is 1. The summed E-state index contributed by atoms with van der Waals surface area (Å²) in [7, 11) is 0. The Kier molecular flexibility index (Phi) is 8.72. The van der Waals surface area contributed by atoms with Crippen molar-refractivity contribution in [2.75, 3.05) is 5.32 Å². The number of benzene rings is 2. The molecule has 2 aromatic carbocycles. The molecule has 1 aliphatic heterocycles. The third-order valence-corrected chi connectivity index (χ3v) is 5.68. The molecule has 14 heteroatoms. The van der Waals surface area contributed by atoms with Crippen LogP contribution in [0.25, 0.3) is 10.9 Å². The van der Waals surface area contributed by atoms with E-state index in [-0.39, 0.29) is 0 Å². The fraction of sp³-hybridized carbons (Fsp3) is 0.231. The van der Waals surface area contributed by atoms with Crippen LogP contribution >= 0.6 is 0 Å². The van der Waals surface area contributed by atoms with Crippen LogP contribution in [-0.2, 0) is 25.8 Å². The van der Waals surface area contributed by atoms with Crippen molar-refractivity contribution in [3.63, 3.8) is 0 Å². The molecule has 0 spiro atoms. The molecule has 0 aliphatic carbocycles. The lowest BCUT2D eigenvalue weighted by Gasteiger charge is -2.29. The van der Waals surface area contributed by atoms with Gasteiger partial charge >= 0.3 is 18.2 Å². The fourth-order valence-electron chi connectivity index (χ4n) is 3.61. The highest BCUT2D eigenvalue weighted by molar-refractivity contribution is 6.20. The lowest BCUT2D eigenvalue weighted by atomic mass is 9.83. The number of halogens is 3. The van der Waals surface area contributed by atoms with Crippen LogP contribution in [0.15, 0.2) is 54.6 Å². The zero-order valence-electron chi connectivity index (χ0n) is 21.1. The molecule has 1 aromatic heterocycles. The number of fused-ring (bicyclic) bond motifs is 1. The van der Waals surface area contributed by atoms with Crippen molar-refractivity contribution in [3.8, 4) is 5.75 Å². The third-order valence-electron chi connectivity index (χ3n) is 5.68. The number of para-hydroxylation sites is 1. The largest absolute Gasteiger partial charge is 0.490 e. The molecule has 4 N–H and O–H groups in total. The van der Waals surface area contributed by atoms with Gasteiger partial charge in [-0.05, 0) is 50.2 Å². The van der Waals surface area contributed by atoms with E-state index in [4.69, 9.17) is 14.6 Å². The summed E-state index contributed by atoms with van der Waals surface area (Å²) in [4.78, 5) is 61.2. The van der Waals surface area contributed by atoms with Crippen LogP contribution in [0.2, 0.25) is 0 Å². The number of hydrogen-bond donors (Lipinski definition) is 4. The first-order valence-corrected chi connectivity index (χ1v) is 11.5. The number of aryl methyl sites for hydroxylation is 1. The molecule has 3 aromatic rings. The molecular formula is C26H23F3N4O7. The predicted molar refractivity (Wildman–Crippen MR) is 134 cm³/mol. The quantitative estimate of drug-likeness (QED) is 0.333.